The van der Waals surface area contributed by atoms with Gasteiger partial charge in [0.1, 0.15) is 11.5 Å². The molecule has 0 bridgehead atoms. The number of hydrogen-bond donors (Lipinski definition) is 1. The van der Waals surface area contributed by atoms with Crippen LogP contribution in [0.3, 0.4) is 0 Å². The predicted octanol–water partition coefficient (Wildman–Crippen LogP) is 4.99. The average molecular weight is 373 g/mol. The van der Waals surface area contributed by atoms with Crippen LogP contribution in [0.2, 0.25) is 5.02 Å². The van der Waals surface area contributed by atoms with E-state index in [1.54, 1.807) is 6.07 Å². The van der Waals surface area contributed by atoms with Crippen LogP contribution in [0.1, 0.15) is 35.5 Å². The predicted molar refractivity (Wildman–Crippen MR) is 104 cm³/mol. The molecule has 0 saturated heterocycles. The molecule has 0 fully saturated rings. The Kier molecular flexibility index (Phi) is 4.80. The van der Waals surface area contributed by atoms with Gasteiger partial charge in [-0.1, -0.05) is 37.6 Å². The number of rotatable bonds is 4. The van der Waals surface area contributed by atoms with Crippen LogP contribution >= 0.6 is 11.6 Å². The fraction of sp³-hybridized carbons (Fsp3) is 0.286. The minimum atomic E-state index is -0.389. The summed E-state index contributed by atoms with van der Waals surface area (Å²) >= 11 is 6.09. The van der Waals surface area contributed by atoms with E-state index in [1.807, 2.05) is 56.7 Å². The van der Waals surface area contributed by atoms with Crippen LogP contribution in [0, 0.1) is 12.7 Å². The monoisotopic (exact) mass is 372 g/mol. The third kappa shape index (κ3) is 3.34. The van der Waals surface area contributed by atoms with Gasteiger partial charge in [0.05, 0.1) is 0 Å². The summed E-state index contributed by atoms with van der Waals surface area (Å²) in [5.41, 5.74) is 2.92. The van der Waals surface area contributed by atoms with Crippen molar-refractivity contribution in [1.29, 1.82) is 0 Å². The number of carbonyl (C=O) groups is 1. The molecule has 136 valence electrons. The Morgan fingerprint density at radius 1 is 1.23 bits per heavy atom. The van der Waals surface area contributed by atoms with Crippen molar-refractivity contribution in [2.75, 3.05) is 6.54 Å². The van der Waals surface area contributed by atoms with E-state index in [-0.39, 0.29) is 17.1 Å². The Hall–Kier alpha value is -2.33. The summed E-state index contributed by atoms with van der Waals surface area (Å²) in [7, 11) is 1.87. The summed E-state index contributed by atoms with van der Waals surface area (Å²) in [6.45, 7) is 6.29. The standard InChI is InChI=1S/C21H22ClFN2O/c1-13-17-11-15(22)8-9-18(17)25(4)19(13)20(26)24-12-21(2,3)14-6-5-7-16(23)10-14/h5-11H,12H2,1-4H3,(H,24,26). The van der Waals surface area contributed by atoms with Crippen LogP contribution in [-0.2, 0) is 12.5 Å². The van der Waals surface area contributed by atoms with Gasteiger partial charge < -0.3 is 9.88 Å². The quantitative estimate of drug-likeness (QED) is 0.688. The summed E-state index contributed by atoms with van der Waals surface area (Å²) in [5.74, 6) is -0.426. The molecule has 0 unspecified atom stereocenters. The van der Waals surface area contributed by atoms with Crippen LogP contribution in [0.15, 0.2) is 42.5 Å². The van der Waals surface area contributed by atoms with E-state index in [9.17, 15) is 9.18 Å². The molecule has 0 radical (unpaired) electrons. The molecule has 1 heterocycles. The minimum Gasteiger partial charge on any atom is -0.350 e. The molecule has 1 aromatic heterocycles. The normalized spacial score (nSPS) is 11.8. The average Bonchev–Trinajstić information content (AvgIpc) is 2.83. The van der Waals surface area contributed by atoms with Crippen molar-refractivity contribution in [3.63, 3.8) is 0 Å². The van der Waals surface area contributed by atoms with E-state index in [1.165, 1.54) is 12.1 Å². The number of aryl methyl sites for hydroxylation is 2. The van der Waals surface area contributed by atoms with E-state index in [0.717, 1.165) is 22.0 Å². The molecule has 0 spiro atoms. The molecular weight excluding hydrogens is 351 g/mol. The van der Waals surface area contributed by atoms with Gasteiger partial charge in [0.2, 0.25) is 0 Å². The zero-order valence-corrected chi connectivity index (χ0v) is 16.1. The van der Waals surface area contributed by atoms with Gasteiger partial charge in [0, 0.05) is 34.9 Å². The van der Waals surface area contributed by atoms with Crippen molar-refractivity contribution < 1.29 is 9.18 Å². The molecule has 3 rings (SSSR count). The smallest absolute Gasteiger partial charge is 0.268 e. The van der Waals surface area contributed by atoms with Crippen molar-refractivity contribution in [3.8, 4) is 0 Å². The highest BCUT2D eigenvalue weighted by Crippen LogP contribution is 2.28. The fourth-order valence-electron chi connectivity index (χ4n) is 3.32. The largest absolute Gasteiger partial charge is 0.350 e. The number of halogens is 2. The second-order valence-corrected chi connectivity index (χ2v) is 7.71. The number of nitrogens with one attached hydrogen (secondary N) is 1. The molecular formula is C21H22ClFN2O. The van der Waals surface area contributed by atoms with Crippen molar-refractivity contribution >= 4 is 28.4 Å². The Morgan fingerprint density at radius 3 is 2.65 bits per heavy atom. The number of aromatic nitrogens is 1. The molecule has 0 aliphatic rings. The lowest BCUT2D eigenvalue weighted by atomic mass is 9.84. The van der Waals surface area contributed by atoms with E-state index >= 15 is 0 Å². The van der Waals surface area contributed by atoms with Crippen LogP contribution in [0.4, 0.5) is 4.39 Å². The summed E-state index contributed by atoms with van der Waals surface area (Å²) in [4.78, 5) is 12.8. The second kappa shape index (κ2) is 6.76. The first kappa shape index (κ1) is 18.5. The van der Waals surface area contributed by atoms with Crippen molar-refractivity contribution in [2.24, 2.45) is 7.05 Å². The molecule has 1 N–H and O–H groups in total. The van der Waals surface area contributed by atoms with Crippen LogP contribution < -0.4 is 5.32 Å². The van der Waals surface area contributed by atoms with Gasteiger partial charge in [-0.15, -0.1) is 0 Å². The third-order valence-electron chi connectivity index (χ3n) is 4.93. The lowest BCUT2D eigenvalue weighted by Crippen LogP contribution is -2.37. The topological polar surface area (TPSA) is 34.0 Å². The number of nitrogens with zero attached hydrogens (tertiary/aromatic N) is 1. The highest BCUT2D eigenvalue weighted by molar-refractivity contribution is 6.31. The molecule has 26 heavy (non-hydrogen) atoms. The van der Waals surface area contributed by atoms with E-state index in [2.05, 4.69) is 5.32 Å². The van der Waals surface area contributed by atoms with Crippen LogP contribution in [0.5, 0.6) is 0 Å². The SMILES string of the molecule is Cc1c(C(=O)NCC(C)(C)c2cccc(F)c2)n(C)c2ccc(Cl)cc12. The zero-order chi connectivity index (χ0) is 19.1. The van der Waals surface area contributed by atoms with Crippen molar-refractivity contribution in [3.05, 3.63) is 70.1 Å². The summed E-state index contributed by atoms with van der Waals surface area (Å²) in [5, 5.41) is 4.61. The first-order valence-electron chi connectivity index (χ1n) is 8.49. The van der Waals surface area contributed by atoms with E-state index in [0.29, 0.717) is 17.3 Å². The Bertz CT molecular complexity index is 991. The highest BCUT2D eigenvalue weighted by Gasteiger charge is 2.24. The second-order valence-electron chi connectivity index (χ2n) is 7.27. The van der Waals surface area contributed by atoms with Gasteiger partial charge in [-0.2, -0.15) is 0 Å². The molecule has 3 nitrogen and oxygen atoms in total. The lowest BCUT2D eigenvalue weighted by Gasteiger charge is -2.26. The number of hydrogen-bond acceptors (Lipinski definition) is 1. The van der Waals surface area contributed by atoms with E-state index < -0.39 is 0 Å². The first-order valence-corrected chi connectivity index (χ1v) is 8.87. The van der Waals surface area contributed by atoms with Crippen molar-refractivity contribution in [2.45, 2.75) is 26.2 Å². The zero-order valence-electron chi connectivity index (χ0n) is 15.4. The van der Waals surface area contributed by atoms with Gasteiger partial charge in [-0.25, -0.2) is 4.39 Å². The Morgan fingerprint density at radius 2 is 1.96 bits per heavy atom. The Labute approximate surface area is 157 Å². The van der Waals surface area contributed by atoms with Crippen molar-refractivity contribution in [1.82, 2.24) is 9.88 Å². The third-order valence-corrected chi connectivity index (χ3v) is 5.16. The molecule has 0 saturated carbocycles. The summed E-state index contributed by atoms with van der Waals surface area (Å²) in [6.07, 6.45) is 0. The maximum atomic E-state index is 13.5. The van der Waals surface area contributed by atoms with Crippen LogP contribution in [0.25, 0.3) is 10.9 Å². The van der Waals surface area contributed by atoms with Gasteiger partial charge in [0.15, 0.2) is 0 Å². The molecule has 5 heteroatoms. The maximum Gasteiger partial charge on any atom is 0.268 e. The first-order chi connectivity index (χ1) is 12.2. The maximum absolute atomic E-state index is 13.5. The molecule has 1 amide bonds. The number of fused-ring (bicyclic) bond motifs is 1. The van der Waals surface area contributed by atoms with Gasteiger partial charge >= 0.3 is 0 Å². The number of amides is 1. The molecule has 0 aliphatic heterocycles. The van der Waals surface area contributed by atoms with Gasteiger partial charge in [-0.05, 0) is 48.4 Å². The minimum absolute atomic E-state index is 0.151. The van der Waals surface area contributed by atoms with Crippen LogP contribution in [-0.4, -0.2) is 17.0 Å². The van der Waals surface area contributed by atoms with Gasteiger partial charge in [0.25, 0.3) is 5.91 Å². The van der Waals surface area contributed by atoms with E-state index in [4.69, 9.17) is 11.6 Å². The molecule has 0 aliphatic carbocycles. The summed E-state index contributed by atoms with van der Waals surface area (Å²) in [6, 6.07) is 12.1. The fourth-order valence-corrected chi connectivity index (χ4v) is 3.49. The summed E-state index contributed by atoms with van der Waals surface area (Å²) < 4.78 is 15.4. The molecule has 3 aromatic rings. The molecule has 0 atom stereocenters. The number of carbonyl (C=O) groups excluding carboxylic acids is 1. The molecule has 2 aromatic carbocycles. The highest BCUT2D eigenvalue weighted by atomic mass is 35.5. The Balaban J connectivity index is 1.86. The lowest BCUT2D eigenvalue weighted by molar-refractivity contribution is 0.0937. The number of benzene rings is 2. The van der Waals surface area contributed by atoms with Gasteiger partial charge in [-0.3, -0.25) is 4.79 Å².